The van der Waals surface area contributed by atoms with Gasteiger partial charge in [0.15, 0.2) is 12.4 Å². The SMILES string of the molecule is C=CCCCO[C@@H]1OC(COC(C)=O)C2(OC(C)=O)C[C@@H]2C1OC(C)=O. The minimum Gasteiger partial charge on any atom is -0.463 e. The molecule has 146 valence electrons. The average molecular weight is 370 g/mol. The van der Waals surface area contributed by atoms with Gasteiger partial charge in [-0.2, -0.15) is 0 Å². The van der Waals surface area contributed by atoms with Crippen molar-refractivity contribution in [1.29, 1.82) is 0 Å². The molecule has 1 aliphatic carbocycles. The quantitative estimate of drug-likeness (QED) is 0.261. The van der Waals surface area contributed by atoms with E-state index >= 15 is 0 Å². The van der Waals surface area contributed by atoms with E-state index in [4.69, 9.17) is 23.7 Å². The Balaban J connectivity index is 2.14. The average Bonchev–Trinajstić information content (AvgIpc) is 3.25. The lowest BCUT2D eigenvalue weighted by molar-refractivity contribution is -0.280. The number of rotatable bonds is 9. The number of unbranched alkanes of at least 4 members (excludes halogenated alkanes) is 1. The highest BCUT2D eigenvalue weighted by atomic mass is 16.7. The Morgan fingerprint density at radius 2 is 1.92 bits per heavy atom. The number of carbonyl (C=O) groups is 3. The van der Waals surface area contributed by atoms with Crippen molar-refractivity contribution in [3.05, 3.63) is 12.7 Å². The second kappa shape index (κ2) is 8.64. The summed E-state index contributed by atoms with van der Waals surface area (Å²) in [7, 11) is 0. The van der Waals surface area contributed by atoms with Crippen molar-refractivity contribution in [2.75, 3.05) is 13.2 Å². The summed E-state index contributed by atoms with van der Waals surface area (Å²) in [4.78, 5) is 34.2. The van der Waals surface area contributed by atoms with Gasteiger partial charge in [-0.15, -0.1) is 6.58 Å². The summed E-state index contributed by atoms with van der Waals surface area (Å²) < 4.78 is 27.6. The van der Waals surface area contributed by atoms with Crippen LogP contribution in [0, 0.1) is 5.92 Å². The molecule has 5 atom stereocenters. The van der Waals surface area contributed by atoms with Crippen molar-refractivity contribution < 1.29 is 38.1 Å². The Hall–Kier alpha value is -1.93. The van der Waals surface area contributed by atoms with E-state index in [1.807, 2.05) is 0 Å². The lowest BCUT2D eigenvalue weighted by Gasteiger charge is -2.39. The molecule has 0 N–H and O–H groups in total. The van der Waals surface area contributed by atoms with Crippen LogP contribution in [-0.4, -0.2) is 55.2 Å². The zero-order valence-corrected chi connectivity index (χ0v) is 15.4. The number of hydrogen-bond acceptors (Lipinski definition) is 8. The summed E-state index contributed by atoms with van der Waals surface area (Å²) >= 11 is 0. The number of carbonyl (C=O) groups excluding carboxylic acids is 3. The van der Waals surface area contributed by atoms with Crippen molar-refractivity contribution in [3.8, 4) is 0 Å². The van der Waals surface area contributed by atoms with Gasteiger partial charge >= 0.3 is 17.9 Å². The fourth-order valence-electron chi connectivity index (χ4n) is 3.31. The van der Waals surface area contributed by atoms with Crippen molar-refractivity contribution in [2.24, 2.45) is 5.92 Å². The van der Waals surface area contributed by atoms with E-state index in [-0.39, 0.29) is 12.5 Å². The molecule has 2 aliphatic rings. The van der Waals surface area contributed by atoms with Gasteiger partial charge in [-0.05, 0) is 12.8 Å². The van der Waals surface area contributed by atoms with E-state index in [9.17, 15) is 14.4 Å². The molecule has 8 heteroatoms. The van der Waals surface area contributed by atoms with Gasteiger partial charge in [0.1, 0.15) is 18.3 Å². The topological polar surface area (TPSA) is 97.4 Å². The Kier molecular flexibility index (Phi) is 6.77. The van der Waals surface area contributed by atoms with Crippen LogP contribution in [0.15, 0.2) is 12.7 Å². The number of fused-ring (bicyclic) bond motifs is 1. The molecule has 3 unspecified atom stereocenters. The van der Waals surface area contributed by atoms with Crippen LogP contribution in [0.2, 0.25) is 0 Å². The summed E-state index contributed by atoms with van der Waals surface area (Å²) in [6, 6.07) is 0. The Morgan fingerprint density at radius 3 is 2.50 bits per heavy atom. The van der Waals surface area contributed by atoms with Crippen molar-refractivity contribution in [1.82, 2.24) is 0 Å². The third-order valence-corrected chi connectivity index (χ3v) is 4.42. The standard InChI is InChI=1S/C18H26O8/c1-5-6-7-8-22-17-16(24-12(3)20)14-9-18(14,26-13(4)21)15(25-17)10-23-11(2)19/h5,14-17H,1,6-10H2,2-4H3/t14-,15?,16?,17-,18?/m1/s1. The summed E-state index contributed by atoms with van der Waals surface area (Å²) in [6.07, 6.45) is 1.56. The molecule has 0 aromatic heterocycles. The van der Waals surface area contributed by atoms with E-state index < -0.39 is 42.0 Å². The van der Waals surface area contributed by atoms with Crippen LogP contribution in [0.3, 0.4) is 0 Å². The Bertz CT molecular complexity index is 559. The first-order valence-electron chi connectivity index (χ1n) is 8.68. The molecule has 1 aliphatic heterocycles. The van der Waals surface area contributed by atoms with Gasteiger partial charge in [0.05, 0.1) is 6.61 Å². The second-order valence-corrected chi connectivity index (χ2v) is 6.53. The van der Waals surface area contributed by atoms with E-state index in [2.05, 4.69) is 6.58 Å². The zero-order valence-electron chi connectivity index (χ0n) is 15.4. The van der Waals surface area contributed by atoms with Gasteiger partial charge in [-0.25, -0.2) is 0 Å². The summed E-state index contributed by atoms with van der Waals surface area (Å²) in [5.41, 5.74) is -0.970. The fourth-order valence-corrected chi connectivity index (χ4v) is 3.31. The van der Waals surface area contributed by atoms with Gasteiger partial charge < -0.3 is 23.7 Å². The highest BCUT2D eigenvalue weighted by Crippen LogP contribution is 2.57. The first-order chi connectivity index (χ1) is 12.3. The minimum atomic E-state index is -0.970. The molecule has 0 bridgehead atoms. The maximum absolute atomic E-state index is 11.5. The van der Waals surface area contributed by atoms with Crippen LogP contribution in [-0.2, 0) is 38.1 Å². The first kappa shape index (κ1) is 20.4. The highest BCUT2D eigenvalue weighted by molar-refractivity contribution is 5.68. The van der Waals surface area contributed by atoms with Gasteiger partial charge in [-0.1, -0.05) is 6.08 Å². The smallest absolute Gasteiger partial charge is 0.303 e. The predicted octanol–water partition coefficient (Wildman–Crippen LogP) is 1.51. The third kappa shape index (κ3) is 4.82. The lowest BCUT2D eigenvalue weighted by Crippen LogP contribution is -2.54. The van der Waals surface area contributed by atoms with Crippen LogP contribution in [0.1, 0.15) is 40.0 Å². The van der Waals surface area contributed by atoms with E-state index in [0.29, 0.717) is 13.0 Å². The molecule has 2 rings (SSSR count). The lowest BCUT2D eigenvalue weighted by atomic mass is 10.0. The molecule has 0 radical (unpaired) electrons. The molecule has 1 heterocycles. The minimum absolute atomic E-state index is 0.0710. The summed E-state index contributed by atoms with van der Waals surface area (Å²) in [5, 5.41) is 0. The highest BCUT2D eigenvalue weighted by Gasteiger charge is 2.72. The molecule has 0 spiro atoms. The fraction of sp³-hybridized carbons (Fsp3) is 0.722. The van der Waals surface area contributed by atoms with E-state index in [1.165, 1.54) is 20.8 Å². The number of ether oxygens (including phenoxy) is 5. The van der Waals surface area contributed by atoms with Crippen molar-refractivity contribution >= 4 is 17.9 Å². The maximum Gasteiger partial charge on any atom is 0.303 e. The van der Waals surface area contributed by atoms with Gasteiger partial charge in [0.2, 0.25) is 0 Å². The summed E-state index contributed by atoms with van der Waals surface area (Å²) in [5.74, 6) is -1.68. The Labute approximate surface area is 152 Å². The zero-order chi connectivity index (χ0) is 19.3. The van der Waals surface area contributed by atoms with Crippen LogP contribution < -0.4 is 0 Å². The van der Waals surface area contributed by atoms with Crippen LogP contribution in [0.25, 0.3) is 0 Å². The van der Waals surface area contributed by atoms with Gasteiger partial charge in [-0.3, -0.25) is 14.4 Å². The molecule has 0 aromatic carbocycles. The van der Waals surface area contributed by atoms with Crippen LogP contribution in [0.5, 0.6) is 0 Å². The van der Waals surface area contributed by atoms with Crippen molar-refractivity contribution in [2.45, 2.75) is 64.1 Å². The van der Waals surface area contributed by atoms with Crippen LogP contribution in [0.4, 0.5) is 0 Å². The van der Waals surface area contributed by atoms with E-state index in [0.717, 1.165) is 12.8 Å². The molecule has 2 fully saturated rings. The second-order valence-electron chi connectivity index (χ2n) is 6.53. The number of esters is 3. The van der Waals surface area contributed by atoms with Gasteiger partial charge in [0, 0.05) is 33.1 Å². The van der Waals surface area contributed by atoms with Crippen molar-refractivity contribution in [3.63, 3.8) is 0 Å². The summed E-state index contributed by atoms with van der Waals surface area (Å²) in [6.45, 7) is 7.86. The molecule has 8 nitrogen and oxygen atoms in total. The number of allylic oxidation sites excluding steroid dienone is 1. The molecule has 1 saturated heterocycles. The largest absolute Gasteiger partial charge is 0.463 e. The third-order valence-electron chi connectivity index (χ3n) is 4.42. The van der Waals surface area contributed by atoms with Gasteiger partial charge in [0.25, 0.3) is 0 Å². The monoisotopic (exact) mass is 370 g/mol. The maximum atomic E-state index is 11.5. The molecule has 1 saturated carbocycles. The molecular weight excluding hydrogens is 344 g/mol. The Morgan fingerprint density at radius 1 is 1.19 bits per heavy atom. The molecule has 0 aromatic rings. The number of hydrogen-bond donors (Lipinski definition) is 0. The first-order valence-corrected chi connectivity index (χ1v) is 8.68. The normalized spacial score (nSPS) is 32.1. The molecule has 26 heavy (non-hydrogen) atoms. The molecular formula is C18H26O8. The van der Waals surface area contributed by atoms with Crippen LogP contribution >= 0.6 is 0 Å². The predicted molar refractivity (Wildman–Crippen MR) is 88.8 cm³/mol. The molecule has 0 amide bonds. The van der Waals surface area contributed by atoms with E-state index in [1.54, 1.807) is 6.08 Å².